The summed E-state index contributed by atoms with van der Waals surface area (Å²) in [5.41, 5.74) is 6.38. The van der Waals surface area contributed by atoms with E-state index in [9.17, 15) is 0 Å². The van der Waals surface area contributed by atoms with Crippen LogP contribution in [0.5, 0.6) is 0 Å². The molecule has 1 aromatic carbocycles. The molecule has 0 unspecified atom stereocenters. The minimum absolute atomic E-state index is 0.461. The minimum atomic E-state index is 0.461. The van der Waals surface area contributed by atoms with Crippen molar-refractivity contribution in [3.8, 4) is 0 Å². The Hall–Kier alpha value is -0.980. The zero-order chi connectivity index (χ0) is 11.9. The van der Waals surface area contributed by atoms with Crippen molar-refractivity contribution in [3.63, 3.8) is 0 Å². The van der Waals surface area contributed by atoms with Gasteiger partial charge in [0.2, 0.25) is 0 Å². The Morgan fingerprint density at radius 3 is 2.41 bits per heavy atom. The molecule has 0 atom stereocenters. The zero-order valence-electron chi connectivity index (χ0n) is 11.1. The van der Waals surface area contributed by atoms with Crippen molar-refractivity contribution in [1.82, 2.24) is 0 Å². The van der Waals surface area contributed by atoms with Crippen LogP contribution in [0.15, 0.2) is 12.1 Å². The third-order valence-corrected chi connectivity index (χ3v) is 4.72. The molecule has 1 N–H and O–H groups in total. The van der Waals surface area contributed by atoms with Crippen LogP contribution in [-0.4, -0.2) is 6.54 Å². The van der Waals surface area contributed by atoms with Crippen molar-refractivity contribution in [3.05, 3.63) is 28.8 Å². The molecule has 1 aliphatic carbocycles. The molecule has 1 saturated carbocycles. The molecule has 3 rings (SSSR count). The molecule has 2 aliphatic rings. The molecule has 0 saturated heterocycles. The monoisotopic (exact) mass is 229 g/mol. The molecule has 0 radical (unpaired) electrons. The molecule has 1 heterocycles. The van der Waals surface area contributed by atoms with Gasteiger partial charge in [-0.3, -0.25) is 0 Å². The van der Waals surface area contributed by atoms with E-state index in [1.807, 2.05) is 0 Å². The molecule has 1 heteroatoms. The normalized spacial score (nSPS) is 22.0. The SMILES string of the molecule is Cc1cc(C)c2c(c1)C1(CCCCCC1)CN2. The molecule has 17 heavy (non-hydrogen) atoms. The van der Waals surface area contributed by atoms with E-state index in [1.165, 1.54) is 61.9 Å². The number of aryl methyl sites for hydroxylation is 2. The first-order valence-corrected chi connectivity index (χ1v) is 7.07. The summed E-state index contributed by atoms with van der Waals surface area (Å²) < 4.78 is 0. The predicted octanol–water partition coefficient (Wildman–Crippen LogP) is 4.32. The molecule has 0 bridgehead atoms. The molecule has 1 aliphatic heterocycles. The molecule has 1 aromatic rings. The number of benzene rings is 1. The lowest BCUT2D eigenvalue weighted by Gasteiger charge is -2.28. The van der Waals surface area contributed by atoms with E-state index in [1.54, 1.807) is 5.56 Å². The Kier molecular flexibility index (Phi) is 2.65. The lowest BCUT2D eigenvalue weighted by molar-refractivity contribution is 0.408. The maximum Gasteiger partial charge on any atom is 0.0409 e. The highest BCUT2D eigenvalue weighted by Gasteiger charge is 2.39. The fourth-order valence-corrected chi connectivity index (χ4v) is 3.82. The second-order valence-electron chi connectivity index (χ2n) is 6.05. The lowest BCUT2D eigenvalue weighted by Crippen LogP contribution is -2.27. The average molecular weight is 229 g/mol. The fraction of sp³-hybridized carbons (Fsp3) is 0.625. The van der Waals surface area contributed by atoms with E-state index in [0.29, 0.717) is 5.41 Å². The molecule has 1 spiro atoms. The molecule has 0 amide bonds. The number of hydrogen-bond donors (Lipinski definition) is 1. The number of fused-ring (bicyclic) bond motifs is 2. The van der Waals surface area contributed by atoms with E-state index < -0.39 is 0 Å². The van der Waals surface area contributed by atoms with Gasteiger partial charge in [-0.05, 0) is 37.8 Å². The van der Waals surface area contributed by atoms with Gasteiger partial charge in [0.25, 0.3) is 0 Å². The van der Waals surface area contributed by atoms with E-state index in [0.717, 1.165) is 0 Å². The summed E-state index contributed by atoms with van der Waals surface area (Å²) in [6, 6.07) is 4.75. The van der Waals surface area contributed by atoms with Crippen LogP contribution in [0.3, 0.4) is 0 Å². The number of nitrogens with one attached hydrogen (secondary N) is 1. The molecular formula is C16H23N. The maximum atomic E-state index is 3.68. The van der Waals surface area contributed by atoms with Gasteiger partial charge in [-0.25, -0.2) is 0 Å². The third-order valence-electron chi connectivity index (χ3n) is 4.72. The summed E-state index contributed by atoms with van der Waals surface area (Å²) in [5.74, 6) is 0. The average Bonchev–Trinajstić information content (AvgIpc) is 2.49. The Bertz CT molecular complexity index is 425. The van der Waals surface area contributed by atoms with Crippen LogP contribution in [0.1, 0.15) is 55.2 Å². The van der Waals surface area contributed by atoms with Crippen LogP contribution >= 0.6 is 0 Å². The Morgan fingerprint density at radius 2 is 1.71 bits per heavy atom. The Morgan fingerprint density at radius 1 is 1.00 bits per heavy atom. The molecule has 1 nitrogen and oxygen atoms in total. The summed E-state index contributed by atoms with van der Waals surface area (Å²) in [5, 5.41) is 3.68. The van der Waals surface area contributed by atoms with E-state index in [2.05, 4.69) is 31.3 Å². The Balaban J connectivity index is 2.07. The standard InChI is InChI=1S/C16H23N/c1-12-9-13(2)15-14(10-12)16(11-17-15)7-5-3-4-6-8-16/h9-10,17H,3-8,11H2,1-2H3. The first-order chi connectivity index (χ1) is 8.21. The van der Waals surface area contributed by atoms with Gasteiger partial charge in [0, 0.05) is 17.6 Å². The lowest BCUT2D eigenvalue weighted by atomic mass is 9.75. The second kappa shape index (κ2) is 4.04. The van der Waals surface area contributed by atoms with Crippen molar-refractivity contribution in [2.24, 2.45) is 0 Å². The Labute approximate surface area is 105 Å². The zero-order valence-corrected chi connectivity index (χ0v) is 11.1. The van der Waals surface area contributed by atoms with E-state index >= 15 is 0 Å². The number of rotatable bonds is 0. The van der Waals surface area contributed by atoms with E-state index in [4.69, 9.17) is 0 Å². The van der Waals surface area contributed by atoms with Crippen LogP contribution in [0.25, 0.3) is 0 Å². The fourth-order valence-electron chi connectivity index (χ4n) is 3.82. The first kappa shape index (κ1) is 11.1. The quantitative estimate of drug-likeness (QED) is 0.698. The summed E-state index contributed by atoms with van der Waals surface area (Å²) >= 11 is 0. The molecule has 0 aromatic heterocycles. The summed E-state index contributed by atoms with van der Waals surface area (Å²) in [6.07, 6.45) is 8.46. The molecule has 92 valence electrons. The summed E-state index contributed by atoms with van der Waals surface area (Å²) in [7, 11) is 0. The van der Waals surface area contributed by atoms with Gasteiger partial charge in [0.1, 0.15) is 0 Å². The smallest absolute Gasteiger partial charge is 0.0409 e. The van der Waals surface area contributed by atoms with Gasteiger partial charge in [-0.2, -0.15) is 0 Å². The molecule has 1 fully saturated rings. The topological polar surface area (TPSA) is 12.0 Å². The van der Waals surface area contributed by atoms with Gasteiger partial charge in [0.15, 0.2) is 0 Å². The van der Waals surface area contributed by atoms with Crippen molar-refractivity contribution in [2.45, 2.75) is 57.8 Å². The minimum Gasteiger partial charge on any atom is -0.384 e. The van der Waals surface area contributed by atoms with Crippen molar-refractivity contribution in [2.75, 3.05) is 11.9 Å². The maximum absolute atomic E-state index is 3.68. The van der Waals surface area contributed by atoms with Gasteiger partial charge >= 0.3 is 0 Å². The van der Waals surface area contributed by atoms with Crippen LogP contribution < -0.4 is 5.32 Å². The number of hydrogen-bond acceptors (Lipinski definition) is 1. The van der Waals surface area contributed by atoms with Crippen LogP contribution in [-0.2, 0) is 5.41 Å². The summed E-state index contributed by atoms with van der Waals surface area (Å²) in [6.45, 7) is 5.65. The highest BCUT2D eigenvalue weighted by Crippen LogP contribution is 2.47. The van der Waals surface area contributed by atoms with E-state index in [-0.39, 0.29) is 0 Å². The van der Waals surface area contributed by atoms with Crippen LogP contribution in [0.2, 0.25) is 0 Å². The van der Waals surface area contributed by atoms with Crippen molar-refractivity contribution >= 4 is 5.69 Å². The van der Waals surface area contributed by atoms with Gasteiger partial charge in [-0.15, -0.1) is 0 Å². The highest BCUT2D eigenvalue weighted by atomic mass is 14.9. The summed E-state index contributed by atoms with van der Waals surface area (Å²) in [4.78, 5) is 0. The van der Waals surface area contributed by atoms with Crippen molar-refractivity contribution < 1.29 is 0 Å². The first-order valence-electron chi connectivity index (χ1n) is 7.07. The van der Waals surface area contributed by atoms with Gasteiger partial charge in [0.05, 0.1) is 0 Å². The predicted molar refractivity (Wildman–Crippen MR) is 73.8 cm³/mol. The van der Waals surface area contributed by atoms with Crippen LogP contribution in [0, 0.1) is 13.8 Å². The second-order valence-corrected chi connectivity index (χ2v) is 6.05. The van der Waals surface area contributed by atoms with Gasteiger partial charge in [-0.1, -0.05) is 43.4 Å². The third kappa shape index (κ3) is 1.76. The highest BCUT2D eigenvalue weighted by molar-refractivity contribution is 5.66. The van der Waals surface area contributed by atoms with Crippen molar-refractivity contribution in [1.29, 1.82) is 0 Å². The number of anilines is 1. The van der Waals surface area contributed by atoms with Gasteiger partial charge < -0.3 is 5.32 Å². The molecular weight excluding hydrogens is 206 g/mol. The van der Waals surface area contributed by atoms with Crippen LogP contribution in [0.4, 0.5) is 5.69 Å². The largest absolute Gasteiger partial charge is 0.384 e.